The predicted molar refractivity (Wildman–Crippen MR) is 97.6 cm³/mol. The Kier molecular flexibility index (Phi) is 5.10. The molecule has 1 saturated carbocycles. The molecule has 1 saturated heterocycles. The first-order valence-electron chi connectivity index (χ1n) is 9.47. The van der Waals surface area contributed by atoms with Crippen LogP contribution in [0.25, 0.3) is 0 Å². The van der Waals surface area contributed by atoms with Crippen molar-refractivity contribution < 1.29 is 14.4 Å². The van der Waals surface area contributed by atoms with Crippen LogP contribution < -0.4 is 5.32 Å². The number of carbonyl (C=O) groups excluding carboxylic acids is 3. The Morgan fingerprint density at radius 2 is 1.32 bits per heavy atom. The monoisotopic (exact) mass is 350 g/mol. The van der Waals surface area contributed by atoms with Gasteiger partial charge < -0.3 is 4.90 Å². The fourth-order valence-electron chi connectivity index (χ4n) is 5.15. The SMILES string of the molecule is CC(C)CN(CC(C)C)C(=O)C1(C)CC2(C)CC(C)(C1)C(=O)NC2=O. The summed E-state index contributed by atoms with van der Waals surface area (Å²) in [5.41, 5.74) is -2.00. The van der Waals surface area contributed by atoms with E-state index in [0.717, 1.165) is 0 Å². The van der Waals surface area contributed by atoms with Gasteiger partial charge in [-0.25, -0.2) is 0 Å². The number of carbonyl (C=O) groups is 3. The number of amides is 3. The maximum Gasteiger partial charge on any atom is 0.232 e. The Morgan fingerprint density at radius 1 is 0.920 bits per heavy atom. The van der Waals surface area contributed by atoms with Crippen LogP contribution in [-0.4, -0.2) is 35.7 Å². The number of hydrogen-bond acceptors (Lipinski definition) is 3. The van der Waals surface area contributed by atoms with Gasteiger partial charge in [-0.2, -0.15) is 0 Å². The zero-order valence-electron chi connectivity index (χ0n) is 16.9. The molecule has 0 aromatic rings. The number of nitrogens with zero attached hydrogens (tertiary/aromatic N) is 1. The molecule has 142 valence electrons. The lowest BCUT2D eigenvalue weighted by molar-refractivity contribution is -0.168. The topological polar surface area (TPSA) is 66.5 Å². The first kappa shape index (κ1) is 19.9. The standard InChI is InChI=1S/C20H34N2O3/c1-13(2)8-22(9-14(3)4)17(25)20(7)11-18(5)10-19(6,12-20)16(24)21-15(18)23/h13-14H,8-12H2,1-7H3,(H,21,23,24). The number of fused-ring (bicyclic) bond motifs is 2. The van der Waals surface area contributed by atoms with E-state index in [9.17, 15) is 14.4 Å². The predicted octanol–water partition coefficient (Wildman–Crippen LogP) is 2.99. The van der Waals surface area contributed by atoms with E-state index >= 15 is 0 Å². The van der Waals surface area contributed by atoms with E-state index in [-0.39, 0.29) is 17.7 Å². The average molecular weight is 351 g/mol. The molecular weight excluding hydrogens is 316 g/mol. The summed E-state index contributed by atoms with van der Waals surface area (Å²) < 4.78 is 0. The van der Waals surface area contributed by atoms with Gasteiger partial charge in [0.25, 0.3) is 0 Å². The lowest BCUT2D eigenvalue weighted by atomic mass is 9.52. The molecule has 25 heavy (non-hydrogen) atoms. The first-order valence-corrected chi connectivity index (χ1v) is 9.47. The summed E-state index contributed by atoms with van der Waals surface area (Å²) in [5, 5.41) is 2.53. The summed E-state index contributed by atoms with van der Waals surface area (Å²) in [5.74, 6) is 0.395. The van der Waals surface area contributed by atoms with Crippen LogP contribution in [0.4, 0.5) is 0 Å². The van der Waals surface area contributed by atoms with E-state index in [4.69, 9.17) is 0 Å². The molecule has 0 radical (unpaired) electrons. The number of imide groups is 1. The van der Waals surface area contributed by atoms with Crippen LogP contribution in [0.2, 0.25) is 0 Å². The van der Waals surface area contributed by atoms with Gasteiger partial charge in [-0.3, -0.25) is 19.7 Å². The Morgan fingerprint density at radius 3 is 1.68 bits per heavy atom. The average Bonchev–Trinajstić information content (AvgIpc) is 2.42. The molecule has 5 nitrogen and oxygen atoms in total. The molecule has 5 heteroatoms. The Bertz CT molecular complexity index is 545. The van der Waals surface area contributed by atoms with Crippen molar-refractivity contribution in [2.24, 2.45) is 28.1 Å². The largest absolute Gasteiger partial charge is 0.342 e. The van der Waals surface area contributed by atoms with Crippen LogP contribution in [0.1, 0.15) is 67.7 Å². The number of piperidine rings is 1. The van der Waals surface area contributed by atoms with Crippen molar-refractivity contribution >= 4 is 17.7 Å². The van der Waals surface area contributed by atoms with Crippen molar-refractivity contribution in [1.82, 2.24) is 10.2 Å². The van der Waals surface area contributed by atoms with Gasteiger partial charge in [0.2, 0.25) is 17.7 Å². The maximum absolute atomic E-state index is 13.5. The molecule has 1 aliphatic heterocycles. The Balaban J connectivity index is 2.36. The molecule has 3 amide bonds. The molecule has 0 aromatic heterocycles. The second kappa shape index (κ2) is 6.40. The molecule has 2 unspecified atom stereocenters. The molecule has 2 fully saturated rings. The van der Waals surface area contributed by atoms with Crippen LogP contribution in [0.5, 0.6) is 0 Å². The molecule has 2 bridgehead atoms. The third kappa shape index (κ3) is 3.75. The smallest absolute Gasteiger partial charge is 0.232 e. The first-order chi connectivity index (χ1) is 11.3. The third-order valence-corrected chi connectivity index (χ3v) is 5.64. The summed E-state index contributed by atoms with van der Waals surface area (Å²) >= 11 is 0. The quantitative estimate of drug-likeness (QED) is 0.775. The molecule has 2 aliphatic rings. The Hall–Kier alpha value is -1.39. The summed E-state index contributed by atoms with van der Waals surface area (Å²) in [4.78, 5) is 40.4. The highest BCUT2D eigenvalue weighted by atomic mass is 16.2. The van der Waals surface area contributed by atoms with Crippen molar-refractivity contribution in [1.29, 1.82) is 0 Å². The van der Waals surface area contributed by atoms with Gasteiger partial charge in [0.1, 0.15) is 0 Å². The second-order valence-electron chi connectivity index (χ2n) is 9.99. The zero-order chi connectivity index (χ0) is 19.2. The minimum absolute atomic E-state index is 0.0922. The van der Waals surface area contributed by atoms with Crippen molar-refractivity contribution in [2.75, 3.05) is 13.1 Å². The third-order valence-electron chi connectivity index (χ3n) is 5.64. The normalized spacial score (nSPS) is 35.1. The Labute approximate surface area is 151 Å². The van der Waals surface area contributed by atoms with Crippen LogP contribution >= 0.6 is 0 Å². The number of hydrogen-bond donors (Lipinski definition) is 1. The lowest BCUT2D eigenvalue weighted by Gasteiger charge is -2.54. The summed E-state index contributed by atoms with van der Waals surface area (Å²) in [6.45, 7) is 15.6. The van der Waals surface area contributed by atoms with Gasteiger partial charge in [0.15, 0.2) is 0 Å². The van der Waals surface area contributed by atoms with Crippen LogP contribution in [0, 0.1) is 28.1 Å². The van der Waals surface area contributed by atoms with Gasteiger partial charge in [0.05, 0.1) is 0 Å². The summed E-state index contributed by atoms with van der Waals surface area (Å²) in [7, 11) is 0. The van der Waals surface area contributed by atoms with Crippen LogP contribution in [0.3, 0.4) is 0 Å². The minimum atomic E-state index is -0.682. The molecule has 0 spiro atoms. The summed E-state index contributed by atoms with van der Waals surface area (Å²) in [6, 6.07) is 0. The maximum atomic E-state index is 13.5. The van der Waals surface area contributed by atoms with E-state index in [1.165, 1.54) is 0 Å². The highest BCUT2D eigenvalue weighted by molar-refractivity contribution is 6.04. The minimum Gasteiger partial charge on any atom is -0.342 e. The molecule has 2 atom stereocenters. The van der Waals surface area contributed by atoms with E-state index in [1.807, 2.05) is 25.7 Å². The fraction of sp³-hybridized carbons (Fsp3) is 0.850. The number of nitrogens with one attached hydrogen (secondary N) is 1. The molecule has 0 aromatic carbocycles. The molecular formula is C20H34N2O3. The molecule has 2 rings (SSSR count). The van der Waals surface area contributed by atoms with Gasteiger partial charge >= 0.3 is 0 Å². The van der Waals surface area contributed by atoms with E-state index < -0.39 is 16.2 Å². The van der Waals surface area contributed by atoms with Crippen molar-refractivity contribution in [3.8, 4) is 0 Å². The van der Waals surface area contributed by atoms with Crippen LogP contribution in [0.15, 0.2) is 0 Å². The van der Waals surface area contributed by atoms with Crippen molar-refractivity contribution in [3.63, 3.8) is 0 Å². The molecule has 1 heterocycles. The molecule has 1 N–H and O–H groups in total. The zero-order valence-corrected chi connectivity index (χ0v) is 16.9. The summed E-state index contributed by atoms with van der Waals surface area (Å²) in [6.07, 6.45) is 1.53. The lowest BCUT2D eigenvalue weighted by Crippen LogP contribution is -2.64. The molecule has 1 aliphatic carbocycles. The van der Waals surface area contributed by atoms with Gasteiger partial charge in [-0.15, -0.1) is 0 Å². The fourth-order valence-corrected chi connectivity index (χ4v) is 5.15. The van der Waals surface area contributed by atoms with E-state index in [0.29, 0.717) is 44.2 Å². The van der Waals surface area contributed by atoms with Crippen molar-refractivity contribution in [3.05, 3.63) is 0 Å². The van der Waals surface area contributed by atoms with Gasteiger partial charge in [0, 0.05) is 29.3 Å². The van der Waals surface area contributed by atoms with E-state index in [2.05, 4.69) is 33.0 Å². The van der Waals surface area contributed by atoms with Crippen molar-refractivity contribution in [2.45, 2.75) is 67.7 Å². The van der Waals surface area contributed by atoms with Gasteiger partial charge in [-0.05, 0) is 31.1 Å². The van der Waals surface area contributed by atoms with Crippen LogP contribution in [-0.2, 0) is 14.4 Å². The second-order valence-corrected chi connectivity index (χ2v) is 9.99. The highest BCUT2D eigenvalue weighted by Crippen LogP contribution is 2.57. The number of rotatable bonds is 5. The van der Waals surface area contributed by atoms with E-state index in [1.54, 1.807) is 0 Å². The van der Waals surface area contributed by atoms with Gasteiger partial charge in [-0.1, -0.05) is 48.5 Å². The highest BCUT2D eigenvalue weighted by Gasteiger charge is 2.61.